The van der Waals surface area contributed by atoms with Crippen LogP contribution >= 0.6 is 0 Å². The first-order chi connectivity index (χ1) is 23.0. The van der Waals surface area contributed by atoms with Crippen molar-refractivity contribution in [1.82, 2.24) is 15.5 Å². The number of aryl methyl sites for hydroxylation is 1. The summed E-state index contributed by atoms with van der Waals surface area (Å²) in [5.41, 5.74) is 2.07. The van der Waals surface area contributed by atoms with E-state index in [1.165, 1.54) is 4.90 Å². The van der Waals surface area contributed by atoms with Gasteiger partial charge in [0.05, 0.1) is 6.61 Å². The summed E-state index contributed by atoms with van der Waals surface area (Å²) in [6, 6.07) is 20.3. The lowest BCUT2D eigenvalue weighted by molar-refractivity contribution is -0.159. The largest absolute Gasteiger partial charge is 0.458 e. The number of esters is 1. The standard InChI is InChI=1S/C39H51N3O7/c1-26-16-15-21-30(27(26)2)33(34(44)40-32(36(46)48-38(3,4)5)25-29-19-13-10-14-20-29)42(22-23-43)35(45)31(24-28-17-11-9-12-18-28)41-37(47)49-39(6,7)8/h9-21,31-33,43H,22-25H2,1-8H3,(H,40,44)(H,41,47). The van der Waals surface area contributed by atoms with Gasteiger partial charge in [0.15, 0.2) is 0 Å². The molecule has 0 bridgehead atoms. The zero-order valence-corrected chi connectivity index (χ0v) is 29.9. The van der Waals surface area contributed by atoms with Gasteiger partial charge < -0.3 is 30.1 Å². The predicted octanol–water partition coefficient (Wildman–Crippen LogP) is 5.37. The van der Waals surface area contributed by atoms with Crippen molar-refractivity contribution in [1.29, 1.82) is 0 Å². The first-order valence-electron chi connectivity index (χ1n) is 16.6. The van der Waals surface area contributed by atoms with Gasteiger partial charge in [-0.25, -0.2) is 9.59 Å². The lowest BCUT2D eigenvalue weighted by Crippen LogP contribution is -2.56. The molecule has 49 heavy (non-hydrogen) atoms. The molecule has 10 heteroatoms. The minimum absolute atomic E-state index is 0.0938. The number of nitrogens with one attached hydrogen (secondary N) is 2. The molecular weight excluding hydrogens is 622 g/mol. The van der Waals surface area contributed by atoms with Gasteiger partial charge in [0.2, 0.25) is 11.8 Å². The van der Waals surface area contributed by atoms with Crippen LogP contribution in [0.15, 0.2) is 78.9 Å². The topological polar surface area (TPSA) is 134 Å². The van der Waals surface area contributed by atoms with Crippen LogP contribution in [0.5, 0.6) is 0 Å². The van der Waals surface area contributed by atoms with Gasteiger partial charge in [-0.2, -0.15) is 0 Å². The molecule has 0 saturated heterocycles. The first-order valence-corrected chi connectivity index (χ1v) is 16.6. The zero-order chi connectivity index (χ0) is 36.4. The molecule has 0 saturated carbocycles. The van der Waals surface area contributed by atoms with E-state index in [-0.39, 0.29) is 19.4 Å². The van der Waals surface area contributed by atoms with E-state index in [1.807, 2.05) is 80.6 Å². The highest BCUT2D eigenvalue weighted by Crippen LogP contribution is 2.28. The summed E-state index contributed by atoms with van der Waals surface area (Å²) in [6.07, 6.45) is -0.561. The highest BCUT2D eigenvalue weighted by atomic mass is 16.6. The number of aliphatic hydroxyl groups is 1. The van der Waals surface area contributed by atoms with Gasteiger partial charge in [-0.3, -0.25) is 9.59 Å². The van der Waals surface area contributed by atoms with E-state index < -0.39 is 59.8 Å². The molecule has 3 rings (SSSR count). The second-order valence-corrected chi connectivity index (χ2v) is 14.1. The molecule has 0 aliphatic heterocycles. The normalized spacial score (nSPS) is 13.4. The van der Waals surface area contributed by atoms with E-state index in [0.717, 1.165) is 22.3 Å². The third-order valence-corrected chi connectivity index (χ3v) is 7.69. The number of carbonyl (C=O) groups excluding carboxylic acids is 4. The summed E-state index contributed by atoms with van der Waals surface area (Å²) >= 11 is 0. The van der Waals surface area contributed by atoms with E-state index in [4.69, 9.17) is 9.47 Å². The Labute approximate surface area is 290 Å². The van der Waals surface area contributed by atoms with Crippen LogP contribution < -0.4 is 10.6 Å². The summed E-state index contributed by atoms with van der Waals surface area (Å²) in [6.45, 7) is 13.4. The van der Waals surface area contributed by atoms with Crippen LogP contribution in [0.25, 0.3) is 0 Å². The molecule has 10 nitrogen and oxygen atoms in total. The van der Waals surface area contributed by atoms with Crippen molar-refractivity contribution >= 4 is 23.9 Å². The fourth-order valence-corrected chi connectivity index (χ4v) is 5.36. The van der Waals surface area contributed by atoms with Crippen LogP contribution in [-0.4, -0.2) is 70.3 Å². The number of nitrogens with zero attached hydrogens (tertiary/aromatic N) is 1. The van der Waals surface area contributed by atoms with Crippen molar-refractivity contribution in [3.05, 3.63) is 107 Å². The number of amides is 3. The van der Waals surface area contributed by atoms with Crippen LogP contribution in [0.3, 0.4) is 0 Å². The Morgan fingerprint density at radius 2 is 1.24 bits per heavy atom. The molecule has 0 aromatic heterocycles. The van der Waals surface area contributed by atoms with Crippen LogP contribution in [0, 0.1) is 13.8 Å². The number of hydrogen-bond acceptors (Lipinski definition) is 7. The van der Waals surface area contributed by atoms with E-state index in [2.05, 4.69) is 10.6 Å². The van der Waals surface area contributed by atoms with Gasteiger partial charge in [-0.1, -0.05) is 78.9 Å². The number of ether oxygens (including phenoxy) is 2. The van der Waals surface area contributed by atoms with Gasteiger partial charge >= 0.3 is 12.1 Å². The van der Waals surface area contributed by atoms with Crippen molar-refractivity contribution in [2.75, 3.05) is 13.2 Å². The maximum Gasteiger partial charge on any atom is 0.408 e. The van der Waals surface area contributed by atoms with Crippen molar-refractivity contribution in [3.63, 3.8) is 0 Å². The van der Waals surface area contributed by atoms with E-state index >= 15 is 0 Å². The number of carbonyl (C=O) groups is 4. The molecule has 0 heterocycles. The van der Waals surface area contributed by atoms with Crippen LogP contribution in [0.1, 0.15) is 75.4 Å². The molecule has 264 valence electrons. The van der Waals surface area contributed by atoms with Gasteiger partial charge in [0.1, 0.15) is 29.3 Å². The lowest BCUT2D eigenvalue weighted by Gasteiger charge is -2.36. The Morgan fingerprint density at radius 1 is 0.714 bits per heavy atom. The van der Waals surface area contributed by atoms with Crippen molar-refractivity contribution in [2.45, 2.75) is 97.6 Å². The second kappa shape index (κ2) is 17.1. The Bertz CT molecular complexity index is 1560. The lowest BCUT2D eigenvalue weighted by atomic mass is 9.94. The predicted molar refractivity (Wildman–Crippen MR) is 189 cm³/mol. The Morgan fingerprint density at radius 3 is 1.76 bits per heavy atom. The van der Waals surface area contributed by atoms with Crippen molar-refractivity contribution in [2.24, 2.45) is 0 Å². The number of alkyl carbamates (subject to hydrolysis) is 1. The molecule has 3 aromatic carbocycles. The Hall–Kier alpha value is -4.70. The molecule has 0 spiro atoms. The molecule has 3 aromatic rings. The minimum atomic E-state index is -1.28. The minimum Gasteiger partial charge on any atom is -0.458 e. The quantitative estimate of drug-likeness (QED) is 0.208. The summed E-state index contributed by atoms with van der Waals surface area (Å²) in [5, 5.41) is 15.9. The van der Waals surface area contributed by atoms with Gasteiger partial charge in [-0.15, -0.1) is 0 Å². The van der Waals surface area contributed by atoms with Crippen LogP contribution in [0.4, 0.5) is 4.79 Å². The Kier molecular flexibility index (Phi) is 13.5. The average molecular weight is 674 g/mol. The molecule has 0 fully saturated rings. The molecule has 3 atom stereocenters. The first kappa shape index (κ1) is 38.7. The molecule has 3 unspecified atom stereocenters. The third kappa shape index (κ3) is 12.0. The summed E-state index contributed by atoms with van der Waals surface area (Å²) in [7, 11) is 0. The number of rotatable bonds is 13. The summed E-state index contributed by atoms with van der Waals surface area (Å²) in [5.74, 6) is -1.88. The van der Waals surface area contributed by atoms with E-state index in [9.17, 15) is 24.3 Å². The van der Waals surface area contributed by atoms with E-state index in [1.54, 1.807) is 53.7 Å². The van der Waals surface area contributed by atoms with Crippen molar-refractivity contribution in [3.8, 4) is 0 Å². The molecule has 0 aliphatic carbocycles. The fourth-order valence-electron chi connectivity index (χ4n) is 5.36. The van der Waals surface area contributed by atoms with Crippen molar-refractivity contribution < 1.29 is 33.8 Å². The third-order valence-electron chi connectivity index (χ3n) is 7.69. The summed E-state index contributed by atoms with van der Waals surface area (Å²) in [4.78, 5) is 57.0. The molecule has 0 aliphatic rings. The molecular formula is C39H51N3O7. The maximum absolute atomic E-state index is 14.6. The maximum atomic E-state index is 14.6. The molecule has 3 N–H and O–H groups in total. The highest BCUT2D eigenvalue weighted by molar-refractivity contribution is 5.94. The van der Waals surface area contributed by atoms with Crippen LogP contribution in [-0.2, 0) is 36.7 Å². The van der Waals surface area contributed by atoms with Crippen LogP contribution in [0.2, 0.25) is 0 Å². The molecule has 0 radical (unpaired) electrons. The zero-order valence-electron chi connectivity index (χ0n) is 29.9. The fraction of sp³-hybridized carbons (Fsp3) is 0.436. The molecule has 3 amide bonds. The smallest absolute Gasteiger partial charge is 0.408 e. The highest BCUT2D eigenvalue weighted by Gasteiger charge is 2.39. The number of benzene rings is 3. The SMILES string of the molecule is Cc1cccc(C(C(=O)NC(Cc2ccccc2)C(=O)OC(C)(C)C)N(CCO)C(=O)C(Cc2ccccc2)NC(=O)OC(C)(C)C)c1C. The van der Waals surface area contributed by atoms with Gasteiger partial charge in [0.25, 0.3) is 0 Å². The monoisotopic (exact) mass is 673 g/mol. The average Bonchev–Trinajstić information content (AvgIpc) is 3.01. The summed E-state index contributed by atoms with van der Waals surface area (Å²) < 4.78 is 11.2. The van der Waals surface area contributed by atoms with E-state index in [0.29, 0.717) is 5.56 Å². The number of aliphatic hydroxyl groups excluding tert-OH is 1. The van der Waals surface area contributed by atoms with Gasteiger partial charge in [0, 0.05) is 19.4 Å². The Balaban J connectivity index is 2.11. The van der Waals surface area contributed by atoms with Gasteiger partial charge in [-0.05, 0) is 83.2 Å². The number of hydrogen-bond donors (Lipinski definition) is 3. The second-order valence-electron chi connectivity index (χ2n) is 14.1.